The Morgan fingerprint density at radius 3 is 2.00 bits per heavy atom. The van der Waals surface area contributed by atoms with Gasteiger partial charge in [0.05, 0.1) is 6.54 Å². The molecule has 0 saturated carbocycles. The smallest absolute Gasteiger partial charge is 0.320 e. The first kappa shape index (κ1) is 26.6. The summed E-state index contributed by atoms with van der Waals surface area (Å²) >= 11 is 3.98. The number of amides is 3. The molecule has 0 heterocycles. The number of hydrogen-bond donors (Lipinski definition) is 8. The molecule has 0 aromatic carbocycles. The Hall–Kier alpha value is -2.38. The van der Waals surface area contributed by atoms with Crippen molar-refractivity contribution in [3.8, 4) is 0 Å². The average molecular weight is 436 g/mol. The monoisotopic (exact) mass is 435 g/mol. The number of carbonyl (C=O) groups is 5. The number of nitrogens with one attached hydrogen (secondary N) is 3. The molecule has 0 aliphatic rings. The molecule has 13 heteroatoms. The lowest BCUT2D eigenvalue weighted by molar-refractivity contribution is -0.139. The van der Waals surface area contributed by atoms with Crippen molar-refractivity contribution >= 4 is 42.3 Å². The Kier molecular flexibility index (Phi) is 13.4. The van der Waals surface area contributed by atoms with Gasteiger partial charge in [0.1, 0.15) is 18.1 Å². The van der Waals surface area contributed by atoms with Crippen molar-refractivity contribution in [2.75, 3.05) is 18.8 Å². The number of hydrogen-bond acceptors (Lipinski definition) is 8. The van der Waals surface area contributed by atoms with Crippen LogP contribution in [0.1, 0.15) is 32.1 Å². The van der Waals surface area contributed by atoms with E-state index < -0.39 is 47.8 Å². The topological polar surface area (TPSA) is 214 Å². The van der Waals surface area contributed by atoms with Crippen LogP contribution in [0.2, 0.25) is 0 Å². The van der Waals surface area contributed by atoms with E-state index in [0.29, 0.717) is 25.8 Å². The lowest BCUT2D eigenvalue weighted by Gasteiger charge is -2.17. The minimum Gasteiger partial charge on any atom is -0.480 e. The molecule has 0 aliphatic heterocycles. The van der Waals surface area contributed by atoms with Crippen LogP contribution in [0.3, 0.4) is 0 Å². The van der Waals surface area contributed by atoms with E-state index in [1.165, 1.54) is 0 Å². The fourth-order valence-corrected chi connectivity index (χ4v) is 2.32. The molecule has 29 heavy (non-hydrogen) atoms. The number of carboxylic acids is 2. The summed E-state index contributed by atoms with van der Waals surface area (Å²) in [6, 6.07) is -3.09. The van der Waals surface area contributed by atoms with Gasteiger partial charge in [0.2, 0.25) is 17.7 Å². The van der Waals surface area contributed by atoms with Crippen LogP contribution in [0, 0.1) is 0 Å². The first-order valence-electron chi connectivity index (χ1n) is 8.99. The highest BCUT2D eigenvalue weighted by Gasteiger charge is 2.21. The molecular weight excluding hydrogens is 406 g/mol. The molecule has 0 saturated heterocycles. The summed E-state index contributed by atoms with van der Waals surface area (Å²) in [6.45, 7) is -0.00484. The maximum absolute atomic E-state index is 12.0. The van der Waals surface area contributed by atoms with Crippen molar-refractivity contribution in [1.82, 2.24) is 16.0 Å². The van der Waals surface area contributed by atoms with E-state index in [-0.39, 0.29) is 25.1 Å². The van der Waals surface area contributed by atoms with E-state index in [1.807, 2.05) is 0 Å². The van der Waals surface area contributed by atoms with E-state index in [0.717, 1.165) is 0 Å². The number of unbranched alkanes of at least 4 members (excludes halogenated alkanes) is 1. The summed E-state index contributed by atoms with van der Waals surface area (Å²) in [6.07, 6.45) is 1.11. The lowest BCUT2D eigenvalue weighted by Crippen LogP contribution is -2.50. The predicted molar refractivity (Wildman–Crippen MR) is 106 cm³/mol. The lowest BCUT2D eigenvalue weighted by atomic mass is 10.1. The summed E-state index contributed by atoms with van der Waals surface area (Å²) in [5, 5.41) is 24.6. The van der Waals surface area contributed by atoms with E-state index in [2.05, 4.69) is 28.6 Å². The van der Waals surface area contributed by atoms with Gasteiger partial charge in [-0.05, 0) is 25.7 Å². The number of rotatable bonds is 15. The third-order valence-electron chi connectivity index (χ3n) is 3.84. The first-order chi connectivity index (χ1) is 13.6. The van der Waals surface area contributed by atoms with Crippen molar-refractivity contribution in [2.24, 2.45) is 11.5 Å². The Morgan fingerprint density at radius 1 is 0.862 bits per heavy atom. The van der Waals surface area contributed by atoms with Crippen LogP contribution in [0.15, 0.2) is 0 Å². The molecule has 9 N–H and O–H groups in total. The van der Waals surface area contributed by atoms with Gasteiger partial charge in [-0.15, -0.1) is 0 Å². The maximum atomic E-state index is 12.0. The van der Waals surface area contributed by atoms with Crippen LogP contribution >= 0.6 is 12.6 Å². The predicted octanol–water partition coefficient (Wildman–Crippen LogP) is -2.59. The molecule has 0 aromatic heterocycles. The van der Waals surface area contributed by atoms with Crippen LogP contribution in [0.5, 0.6) is 0 Å². The molecule has 0 spiro atoms. The summed E-state index contributed by atoms with van der Waals surface area (Å²) in [7, 11) is 0. The fraction of sp³-hybridized carbons (Fsp3) is 0.688. The molecular formula is C16H29N5O7S. The standard InChI is InChI=1S/C16H29N5O7S/c17-9(15(25)26)3-1-2-6-19-13(23)7-20-14(24)11(8-29)21-12(22)5-4-10(18)16(27)28/h9-11,29H,1-8,17-18H2,(H,19,23)(H,20,24)(H,21,22)(H,25,26)(H,27,28)/t9-,10-,11-/m0/s1. The molecule has 3 amide bonds. The summed E-state index contributed by atoms with van der Waals surface area (Å²) in [5.74, 6) is -3.94. The van der Waals surface area contributed by atoms with Crippen LogP contribution in [0.25, 0.3) is 0 Å². The quantitative estimate of drug-likeness (QED) is 0.0998. The van der Waals surface area contributed by atoms with Gasteiger partial charge in [-0.3, -0.25) is 24.0 Å². The fourth-order valence-electron chi connectivity index (χ4n) is 2.06. The highest BCUT2D eigenvalue weighted by atomic mass is 32.1. The van der Waals surface area contributed by atoms with Crippen molar-refractivity contribution in [2.45, 2.75) is 50.2 Å². The second kappa shape index (κ2) is 14.6. The molecule has 12 nitrogen and oxygen atoms in total. The molecule has 166 valence electrons. The zero-order valence-corrected chi connectivity index (χ0v) is 16.8. The minimum absolute atomic E-state index is 0.0198. The Labute approximate surface area is 173 Å². The van der Waals surface area contributed by atoms with E-state index in [4.69, 9.17) is 21.7 Å². The van der Waals surface area contributed by atoms with Crippen LogP contribution < -0.4 is 27.4 Å². The number of carbonyl (C=O) groups excluding carboxylic acids is 3. The van der Waals surface area contributed by atoms with Gasteiger partial charge >= 0.3 is 11.9 Å². The summed E-state index contributed by atoms with van der Waals surface area (Å²) in [5.41, 5.74) is 10.7. The third-order valence-corrected chi connectivity index (χ3v) is 4.20. The van der Waals surface area contributed by atoms with Crippen LogP contribution in [-0.4, -0.2) is 76.8 Å². The van der Waals surface area contributed by atoms with Crippen molar-refractivity contribution in [1.29, 1.82) is 0 Å². The van der Waals surface area contributed by atoms with Gasteiger partial charge in [-0.2, -0.15) is 12.6 Å². The Morgan fingerprint density at radius 2 is 1.45 bits per heavy atom. The molecule has 0 bridgehead atoms. The number of nitrogens with two attached hydrogens (primary N) is 2. The van der Waals surface area contributed by atoms with Crippen molar-refractivity contribution in [3.05, 3.63) is 0 Å². The van der Waals surface area contributed by atoms with Gasteiger partial charge in [0.25, 0.3) is 0 Å². The van der Waals surface area contributed by atoms with Crippen LogP contribution in [0.4, 0.5) is 0 Å². The van der Waals surface area contributed by atoms with Crippen molar-refractivity contribution in [3.63, 3.8) is 0 Å². The van der Waals surface area contributed by atoms with Gasteiger partial charge in [0.15, 0.2) is 0 Å². The Bertz CT molecular complexity index is 590. The van der Waals surface area contributed by atoms with Gasteiger partial charge in [0, 0.05) is 18.7 Å². The zero-order valence-electron chi connectivity index (χ0n) is 15.9. The van der Waals surface area contributed by atoms with Gasteiger partial charge in [-0.1, -0.05) is 0 Å². The van der Waals surface area contributed by atoms with E-state index in [9.17, 15) is 24.0 Å². The van der Waals surface area contributed by atoms with Crippen molar-refractivity contribution < 1.29 is 34.2 Å². The molecule has 0 aliphatic carbocycles. The molecule has 3 atom stereocenters. The number of thiol groups is 1. The molecule has 0 fully saturated rings. The van der Waals surface area contributed by atoms with Gasteiger partial charge in [-0.25, -0.2) is 0 Å². The second-order valence-corrected chi connectivity index (χ2v) is 6.66. The minimum atomic E-state index is -1.22. The molecule has 0 rings (SSSR count). The first-order valence-corrected chi connectivity index (χ1v) is 9.63. The number of aliphatic carboxylic acids is 2. The third kappa shape index (κ3) is 12.6. The zero-order chi connectivity index (χ0) is 22.4. The summed E-state index contributed by atoms with van der Waals surface area (Å²) < 4.78 is 0. The molecule has 0 radical (unpaired) electrons. The van der Waals surface area contributed by atoms with E-state index >= 15 is 0 Å². The SMILES string of the molecule is N[C@@H](CCCCNC(=O)CNC(=O)[C@H](CS)NC(=O)CC[C@H](N)C(=O)O)C(=O)O. The van der Waals surface area contributed by atoms with Gasteiger partial charge < -0.3 is 37.6 Å². The maximum Gasteiger partial charge on any atom is 0.320 e. The van der Waals surface area contributed by atoms with Crippen LogP contribution in [-0.2, 0) is 24.0 Å². The van der Waals surface area contributed by atoms with E-state index in [1.54, 1.807) is 0 Å². The summed E-state index contributed by atoms with van der Waals surface area (Å²) in [4.78, 5) is 56.7. The second-order valence-electron chi connectivity index (χ2n) is 6.29. The number of carboxylic acid groups (broad SMARTS) is 2. The molecule has 0 unspecified atom stereocenters. The highest BCUT2D eigenvalue weighted by Crippen LogP contribution is 1.99. The highest BCUT2D eigenvalue weighted by molar-refractivity contribution is 7.80. The largest absolute Gasteiger partial charge is 0.480 e. The Balaban J connectivity index is 4.09. The normalized spacial score (nSPS) is 13.6. The average Bonchev–Trinajstić information content (AvgIpc) is 2.67. The molecule has 0 aromatic rings.